The second-order valence-corrected chi connectivity index (χ2v) is 7.19. The number of hydrogen-bond donors (Lipinski definition) is 0. The third-order valence-electron chi connectivity index (χ3n) is 4.45. The van der Waals surface area contributed by atoms with Gasteiger partial charge in [0.15, 0.2) is 0 Å². The van der Waals surface area contributed by atoms with Crippen molar-refractivity contribution in [2.75, 3.05) is 0 Å². The monoisotopic (exact) mass is 275 g/mol. The minimum absolute atomic E-state index is 0.101. The van der Waals surface area contributed by atoms with Gasteiger partial charge in [-0.3, -0.25) is 4.84 Å². The minimum atomic E-state index is 0.101. The van der Waals surface area contributed by atoms with Crippen LogP contribution >= 0.6 is 0 Å². The van der Waals surface area contributed by atoms with E-state index < -0.39 is 0 Å². The summed E-state index contributed by atoms with van der Waals surface area (Å²) in [5.74, 6) is 0. The summed E-state index contributed by atoms with van der Waals surface area (Å²) in [5.41, 5.74) is 1.47. The van der Waals surface area contributed by atoms with Gasteiger partial charge in [-0.25, -0.2) is 0 Å². The first-order valence-electron chi connectivity index (χ1n) is 7.89. The van der Waals surface area contributed by atoms with Gasteiger partial charge >= 0.3 is 0 Å². The van der Waals surface area contributed by atoms with Crippen molar-refractivity contribution in [2.24, 2.45) is 0 Å². The molecule has 1 saturated heterocycles. The fraction of sp³-hybridized carbons (Fsp3) is 0.667. The van der Waals surface area contributed by atoms with Gasteiger partial charge in [-0.15, -0.1) is 0 Å². The Morgan fingerprint density at radius 1 is 1.05 bits per heavy atom. The van der Waals surface area contributed by atoms with Crippen LogP contribution in [0.1, 0.15) is 72.0 Å². The molecule has 0 aromatic heterocycles. The average Bonchev–Trinajstić information content (AvgIpc) is 2.38. The molecule has 1 fully saturated rings. The number of hydroxylamine groups is 2. The smallest absolute Gasteiger partial charge is 0.104 e. The lowest BCUT2D eigenvalue weighted by molar-refractivity contribution is -0.307. The van der Waals surface area contributed by atoms with Crippen molar-refractivity contribution in [3.8, 4) is 0 Å². The van der Waals surface area contributed by atoms with E-state index in [-0.39, 0.29) is 17.2 Å². The van der Waals surface area contributed by atoms with E-state index in [0.29, 0.717) is 0 Å². The molecule has 1 unspecified atom stereocenters. The zero-order chi connectivity index (χ0) is 14.8. The Hall–Kier alpha value is -0.860. The first-order valence-corrected chi connectivity index (χ1v) is 7.89. The van der Waals surface area contributed by atoms with Gasteiger partial charge in [-0.05, 0) is 58.9 Å². The van der Waals surface area contributed by atoms with E-state index in [0.717, 1.165) is 6.42 Å². The van der Waals surface area contributed by atoms with Crippen LogP contribution in [0.15, 0.2) is 30.3 Å². The molecule has 2 rings (SSSR count). The van der Waals surface area contributed by atoms with Gasteiger partial charge in [0.2, 0.25) is 0 Å². The Labute approximate surface area is 124 Å². The highest BCUT2D eigenvalue weighted by Crippen LogP contribution is 2.40. The number of rotatable bonds is 4. The summed E-state index contributed by atoms with van der Waals surface area (Å²) < 4.78 is 0. The van der Waals surface area contributed by atoms with E-state index in [1.54, 1.807) is 0 Å². The average molecular weight is 275 g/mol. The minimum Gasteiger partial charge on any atom is -0.290 e. The molecule has 1 aliphatic rings. The van der Waals surface area contributed by atoms with Crippen LogP contribution in [0.25, 0.3) is 0 Å². The summed E-state index contributed by atoms with van der Waals surface area (Å²) in [5, 5.41) is 2.27. The SMILES string of the molecule is CCC(ON1C(C)(C)CCCC1(C)C)c1ccccc1. The molecule has 0 spiro atoms. The molecule has 1 aromatic carbocycles. The summed E-state index contributed by atoms with van der Waals surface area (Å²) in [6.45, 7) is 11.4. The lowest BCUT2D eigenvalue weighted by atomic mass is 9.82. The fourth-order valence-electron chi connectivity index (χ4n) is 3.43. The van der Waals surface area contributed by atoms with Gasteiger partial charge in [0.05, 0.1) is 0 Å². The molecule has 0 bridgehead atoms. The standard InChI is InChI=1S/C18H29NO/c1-6-16(15-11-8-7-9-12-15)20-19-17(2,3)13-10-14-18(19,4)5/h7-9,11-12,16H,6,10,13-14H2,1-5H3. The molecule has 1 heterocycles. The second-order valence-electron chi connectivity index (χ2n) is 7.19. The topological polar surface area (TPSA) is 12.5 Å². The number of hydrogen-bond acceptors (Lipinski definition) is 2. The van der Waals surface area contributed by atoms with Gasteiger partial charge in [-0.1, -0.05) is 37.3 Å². The largest absolute Gasteiger partial charge is 0.290 e. The Morgan fingerprint density at radius 3 is 2.10 bits per heavy atom. The molecule has 112 valence electrons. The molecule has 0 aliphatic carbocycles. The first-order chi connectivity index (χ1) is 9.37. The van der Waals surface area contributed by atoms with Gasteiger partial charge in [0.1, 0.15) is 6.10 Å². The Morgan fingerprint density at radius 2 is 1.60 bits per heavy atom. The summed E-state index contributed by atoms with van der Waals surface area (Å²) in [4.78, 5) is 6.49. The van der Waals surface area contributed by atoms with Crippen molar-refractivity contribution in [1.82, 2.24) is 5.06 Å². The van der Waals surface area contributed by atoms with Crippen molar-refractivity contribution in [3.63, 3.8) is 0 Å². The molecule has 0 radical (unpaired) electrons. The number of benzene rings is 1. The van der Waals surface area contributed by atoms with Crippen LogP contribution in [0.4, 0.5) is 0 Å². The highest BCUT2D eigenvalue weighted by Gasteiger charge is 2.43. The molecule has 0 N–H and O–H groups in total. The third-order valence-corrected chi connectivity index (χ3v) is 4.45. The number of nitrogens with zero attached hydrogens (tertiary/aromatic N) is 1. The Balaban J connectivity index is 2.20. The molecular weight excluding hydrogens is 246 g/mol. The Kier molecular flexibility index (Phi) is 4.55. The van der Waals surface area contributed by atoms with Crippen LogP contribution in [0.5, 0.6) is 0 Å². The molecule has 1 aliphatic heterocycles. The van der Waals surface area contributed by atoms with E-state index in [2.05, 4.69) is 70.0 Å². The summed E-state index contributed by atoms with van der Waals surface area (Å²) in [6.07, 6.45) is 4.81. The quantitative estimate of drug-likeness (QED) is 0.757. The fourth-order valence-corrected chi connectivity index (χ4v) is 3.43. The predicted octanol–water partition coefficient (Wildman–Crippen LogP) is 5.11. The van der Waals surface area contributed by atoms with Gasteiger partial charge in [-0.2, -0.15) is 5.06 Å². The van der Waals surface area contributed by atoms with Crippen LogP contribution < -0.4 is 0 Å². The van der Waals surface area contributed by atoms with Crippen molar-refractivity contribution in [3.05, 3.63) is 35.9 Å². The zero-order valence-electron chi connectivity index (χ0n) is 13.6. The first kappa shape index (κ1) is 15.5. The van der Waals surface area contributed by atoms with Crippen LogP contribution in [0, 0.1) is 0 Å². The van der Waals surface area contributed by atoms with Crippen LogP contribution in [-0.2, 0) is 4.84 Å². The van der Waals surface area contributed by atoms with E-state index in [9.17, 15) is 0 Å². The molecular formula is C18H29NO. The normalized spacial score (nSPS) is 23.4. The van der Waals surface area contributed by atoms with Crippen molar-refractivity contribution >= 4 is 0 Å². The van der Waals surface area contributed by atoms with Crippen LogP contribution in [0.2, 0.25) is 0 Å². The van der Waals surface area contributed by atoms with E-state index in [4.69, 9.17) is 4.84 Å². The maximum absolute atomic E-state index is 6.49. The lowest BCUT2D eigenvalue weighted by Gasteiger charge is -2.52. The second kappa shape index (κ2) is 5.87. The molecule has 0 amide bonds. The summed E-state index contributed by atoms with van der Waals surface area (Å²) in [7, 11) is 0. The molecule has 1 aromatic rings. The highest BCUT2D eigenvalue weighted by atomic mass is 16.7. The molecule has 1 atom stereocenters. The van der Waals surface area contributed by atoms with Crippen molar-refractivity contribution in [2.45, 2.75) is 77.5 Å². The lowest BCUT2D eigenvalue weighted by Crippen LogP contribution is -2.58. The summed E-state index contributed by atoms with van der Waals surface area (Å²) >= 11 is 0. The van der Waals surface area contributed by atoms with E-state index >= 15 is 0 Å². The van der Waals surface area contributed by atoms with Crippen LogP contribution in [0.3, 0.4) is 0 Å². The van der Waals surface area contributed by atoms with Gasteiger partial charge in [0.25, 0.3) is 0 Å². The van der Waals surface area contributed by atoms with Gasteiger partial charge < -0.3 is 0 Å². The van der Waals surface area contributed by atoms with E-state index in [1.165, 1.54) is 24.8 Å². The third kappa shape index (κ3) is 3.24. The van der Waals surface area contributed by atoms with Crippen molar-refractivity contribution in [1.29, 1.82) is 0 Å². The molecule has 20 heavy (non-hydrogen) atoms. The highest BCUT2D eigenvalue weighted by molar-refractivity contribution is 5.17. The maximum atomic E-state index is 6.49. The predicted molar refractivity (Wildman–Crippen MR) is 84.4 cm³/mol. The van der Waals surface area contributed by atoms with Crippen molar-refractivity contribution < 1.29 is 4.84 Å². The molecule has 2 heteroatoms. The van der Waals surface area contributed by atoms with Crippen LogP contribution in [-0.4, -0.2) is 16.1 Å². The van der Waals surface area contributed by atoms with E-state index in [1.807, 2.05) is 0 Å². The van der Waals surface area contributed by atoms with Gasteiger partial charge in [0, 0.05) is 11.1 Å². The maximum Gasteiger partial charge on any atom is 0.104 e. The molecule has 2 nitrogen and oxygen atoms in total. The Bertz CT molecular complexity index is 408. The molecule has 0 saturated carbocycles. The number of piperidine rings is 1. The zero-order valence-corrected chi connectivity index (χ0v) is 13.6. The summed E-state index contributed by atoms with van der Waals surface area (Å²) in [6, 6.07) is 10.6.